The van der Waals surface area contributed by atoms with Gasteiger partial charge in [0.05, 0.1) is 11.8 Å². The van der Waals surface area contributed by atoms with Gasteiger partial charge in [0.1, 0.15) is 12.1 Å². The van der Waals surface area contributed by atoms with Crippen molar-refractivity contribution in [2.75, 3.05) is 13.1 Å². The highest BCUT2D eigenvalue weighted by Gasteiger charge is 2.19. The van der Waals surface area contributed by atoms with Crippen molar-refractivity contribution in [3.8, 4) is 5.69 Å². The largest absolute Gasteiger partial charge is 0.341 e. The molecule has 1 saturated heterocycles. The number of hydrogen-bond acceptors (Lipinski definition) is 3. The van der Waals surface area contributed by atoms with Crippen molar-refractivity contribution in [3.05, 3.63) is 58.2 Å². The molecule has 0 unspecified atom stereocenters. The quantitative estimate of drug-likeness (QED) is 0.724. The van der Waals surface area contributed by atoms with Gasteiger partial charge in [0.2, 0.25) is 5.91 Å². The molecule has 0 bridgehead atoms. The minimum absolute atomic E-state index is 0.0214. The predicted molar refractivity (Wildman–Crippen MR) is 96.2 cm³/mol. The Hall–Kier alpha value is -2.60. The lowest BCUT2D eigenvalue weighted by atomic mass is 10.3. The molecule has 6 nitrogen and oxygen atoms in total. The number of likely N-dealkylation sites (tertiary alicyclic amines) is 1. The molecular formula is C18H17ClN4O2. The normalized spacial score (nSPS) is 14.4. The third kappa shape index (κ3) is 2.93. The van der Waals surface area contributed by atoms with Gasteiger partial charge in [-0.3, -0.25) is 14.2 Å². The van der Waals surface area contributed by atoms with E-state index in [-0.39, 0.29) is 18.0 Å². The minimum Gasteiger partial charge on any atom is -0.341 e. The summed E-state index contributed by atoms with van der Waals surface area (Å²) in [6, 6.07) is 9.02. The Morgan fingerprint density at radius 3 is 2.56 bits per heavy atom. The Balaban J connectivity index is 1.74. The number of amides is 1. The van der Waals surface area contributed by atoms with Gasteiger partial charge in [-0.2, -0.15) is 0 Å². The molecule has 1 fully saturated rings. The molecule has 7 heteroatoms. The lowest BCUT2D eigenvalue weighted by Gasteiger charge is -2.16. The molecule has 0 saturated carbocycles. The molecule has 25 heavy (non-hydrogen) atoms. The summed E-state index contributed by atoms with van der Waals surface area (Å²) in [4.78, 5) is 31.4. The maximum Gasteiger partial charge on any atom is 0.278 e. The van der Waals surface area contributed by atoms with E-state index in [1.54, 1.807) is 33.9 Å². The van der Waals surface area contributed by atoms with Crippen LogP contribution in [0.25, 0.3) is 16.7 Å². The first-order valence-corrected chi connectivity index (χ1v) is 8.61. The molecule has 4 rings (SSSR count). The standard InChI is InChI=1S/C18H17ClN4O2/c19-13-3-5-14(6-4-13)23-10-7-15-17(23)18(25)22(12-20-15)11-16(24)21-8-1-2-9-21/h3-7,10,12H,1-2,8-9,11H2. The number of benzene rings is 1. The average Bonchev–Trinajstić information content (AvgIpc) is 3.28. The number of halogens is 1. The maximum absolute atomic E-state index is 12.9. The summed E-state index contributed by atoms with van der Waals surface area (Å²) >= 11 is 5.94. The summed E-state index contributed by atoms with van der Waals surface area (Å²) < 4.78 is 3.16. The predicted octanol–water partition coefficient (Wildman–Crippen LogP) is 2.46. The Kier molecular flexibility index (Phi) is 4.05. The highest BCUT2D eigenvalue weighted by Crippen LogP contribution is 2.18. The van der Waals surface area contributed by atoms with Gasteiger partial charge in [0.25, 0.3) is 5.56 Å². The summed E-state index contributed by atoms with van der Waals surface area (Å²) in [5.41, 5.74) is 1.66. The molecule has 1 amide bonds. The van der Waals surface area contributed by atoms with E-state index >= 15 is 0 Å². The highest BCUT2D eigenvalue weighted by atomic mass is 35.5. The van der Waals surface area contributed by atoms with Crippen molar-refractivity contribution in [1.82, 2.24) is 19.0 Å². The van der Waals surface area contributed by atoms with E-state index < -0.39 is 0 Å². The van der Waals surface area contributed by atoms with Crippen LogP contribution in [0.1, 0.15) is 12.8 Å². The van der Waals surface area contributed by atoms with Gasteiger partial charge in [-0.1, -0.05) is 11.6 Å². The lowest BCUT2D eigenvalue weighted by Crippen LogP contribution is -2.34. The van der Waals surface area contributed by atoms with Gasteiger partial charge < -0.3 is 9.47 Å². The third-order valence-electron chi connectivity index (χ3n) is 4.53. The number of rotatable bonds is 3. The molecule has 2 aromatic heterocycles. The van der Waals surface area contributed by atoms with E-state index in [1.807, 2.05) is 12.1 Å². The molecule has 0 spiro atoms. The van der Waals surface area contributed by atoms with Crippen LogP contribution in [0.5, 0.6) is 0 Å². The van der Waals surface area contributed by atoms with Crippen LogP contribution < -0.4 is 5.56 Å². The van der Waals surface area contributed by atoms with Gasteiger partial charge >= 0.3 is 0 Å². The van der Waals surface area contributed by atoms with Crippen LogP contribution in [0.2, 0.25) is 5.02 Å². The second-order valence-electron chi connectivity index (χ2n) is 6.16. The number of hydrogen-bond donors (Lipinski definition) is 0. The first-order chi connectivity index (χ1) is 12.1. The summed E-state index contributed by atoms with van der Waals surface area (Å²) in [5, 5.41) is 0.631. The molecule has 128 valence electrons. The van der Waals surface area contributed by atoms with E-state index in [4.69, 9.17) is 11.6 Å². The fourth-order valence-corrected chi connectivity index (χ4v) is 3.33. The summed E-state index contributed by atoms with van der Waals surface area (Å²) in [5.74, 6) is -0.0367. The van der Waals surface area contributed by atoms with E-state index in [2.05, 4.69) is 4.98 Å². The first-order valence-electron chi connectivity index (χ1n) is 8.24. The lowest BCUT2D eigenvalue weighted by molar-refractivity contribution is -0.130. The maximum atomic E-state index is 12.9. The van der Waals surface area contributed by atoms with Crippen molar-refractivity contribution >= 4 is 28.5 Å². The zero-order valence-electron chi connectivity index (χ0n) is 13.6. The van der Waals surface area contributed by atoms with Gasteiger partial charge in [-0.25, -0.2) is 4.98 Å². The van der Waals surface area contributed by atoms with Gasteiger partial charge in [-0.15, -0.1) is 0 Å². The van der Waals surface area contributed by atoms with E-state index in [1.165, 1.54) is 10.9 Å². The molecule has 0 atom stereocenters. The van der Waals surface area contributed by atoms with Crippen molar-refractivity contribution in [2.45, 2.75) is 19.4 Å². The van der Waals surface area contributed by atoms with E-state index in [9.17, 15) is 9.59 Å². The Morgan fingerprint density at radius 1 is 1.12 bits per heavy atom. The topological polar surface area (TPSA) is 60.1 Å². The number of aromatic nitrogens is 3. The van der Waals surface area contributed by atoms with Crippen LogP contribution in [0.15, 0.2) is 47.7 Å². The van der Waals surface area contributed by atoms with Crippen LogP contribution in [0, 0.1) is 0 Å². The zero-order valence-corrected chi connectivity index (χ0v) is 14.3. The molecule has 3 aromatic rings. The second-order valence-corrected chi connectivity index (χ2v) is 6.60. The van der Waals surface area contributed by atoms with Crippen LogP contribution in [0.4, 0.5) is 0 Å². The highest BCUT2D eigenvalue weighted by molar-refractivity contribution is 6.30. The van der Waals surface area contributed by atoms with Crippen molar-refractivity contribution in [3.63, 3.8) is 0 Å². The monoisotopic (exact) mass is 356 g/mol. The summed E-state index contributed by atoms with van der Waals surface area (Å²) in [6.07, 6.45) is 5.30. The van der Waals surface area contributed by atoms with Crippen molar-refractivity contribution < 1.29 is 4.79 Å². The van der Waals surface area contributed by atoms with Crippen LogP contribution in [0.3, 0.4) is 0 Å². The molecule has 0 aliphatic carbocycles. The molecule has 1 aliphatic heterocycles. The molecule has 3 heterocycles. The second kappa shape index (κ2) is 6.37. The number of fused-ring (bicyclic) bond motifs is 1. The Labute approximate surface area is 149 Å². The third-order valence-corrected chi connectivity index (χ3v) is 4.79. The summed E-state index contributed by atoms with van der Waals surface area (Å²) in [7, 11) is 0. The van der Waals surface area contributed by atoms with Crippen molar-refractivity contribution in [2.24, 2.45) is 0 Å². The zero-order chi connectivity index (χ0) is 17.4. The van der Waals surface area contributed by atoms with Crippen LogP contribution >= 0.6 is 11.6 Å². The van der Waals surface area contributed by atoms with Gasteiger partial charge in [0.15, 0.2) is 0 Å². The smallest absolute Gasteiger partial charge is 0.278 e. The average molecular weight is 357 g/mol. The van der Waals surface area contributed by atoms with Crippen LogP contribution in [-0.4, -0.2) is 38.0 Å². The molecule has 1 aromatic carbocycles. The Bertz CT molecular complexity index is 984. The molecule has 0 radical (unpaired) electrons. The first kappa shape index (κ1) is 15.9. The molecular weight excluding hydrogens is 340 g/mol. The van der Waals surface area contributed by atoms with E-state index in [0.717, 1.165) is 31.6 Å². The molecule has 1 aliphatic rings. The van der Waals surface area contributed by atoms with Gasteiger partial charge in [0, 0.05) is 30.0 Å². The van der Waals surface area contributed by atoms with E-state index in [0.29, 0.717) is 16.1 Å². The fourth-order valence-electron chi connectivity index (χ4n) is 3.20. The fraction of sp³-hybridized carbons (Fsp3) is 0.278. The number of carbonyl (C=O) groups is 1. The SMILES string of the molecule is O=C(Cn1cnc2ccn(-c3ccc(Cl)cc3)c2c1=O)N1CCCC1. The number of carbonyl (C=O) groups excluding carboxylic acids is 1. The number of nitrogens with zero attached hydrogens (tertiary/aromatic N) is 4. The van der Waals surface area contributed by atoms with Crippen molar-refractivity contribution in [1.29, 1.82) is 0 Å². The minimum atomic E-state index is -0.225. The molecule has 0 N–H and O–H groups in total. The van der Waals surface area contributed by atoms with Crippen LogP contribution in [-0.2, 0) is 11.3 Å². The summed E-state index contributed by atoms with van der Waals surface area (Å²) in [6.45, 7) is 1.56. The van der Waals surface area contributed by atoms with Gasteiger partial charge in [-0.05, 0) is 43.2 Å². The Morgan fingerprint density at radius 2 is 1.84 bits per heavy atom.